The van der Waals surface area contributed by atoms with E-state index in [0.717, 1.165) is 0 Å². The second-order valence-electron chi connectivity index (χ2n) is 5.08. The van der Waals surface area contributed by atoms with Crippen LogP contribution in [0.15, 0.2) is 0 Å². The van der Waals surface area contributed by atoms with Crippen molar-refractivity contribution in [2.24, 2.45) is 11.3 Å². The minimum absolute atomic E-state index is 0.0809. The predicted octanol–water partition coefficient (Wildman–Crippen LogP) is 0.00360. The van der Waals surface area contributed by atoms with E-state index < -0.39 is 17.4 Å². The van der Waals surface area contributed by atoms with Crippen LogP contribution in [0.25, 0.3) is 0 Å². The van der Waals surface area contributed by atoms with E-state index in [1.54, 1.807) is 6.92 Å². The highest BCUT2D eigenvalue weighted by Crippen LogP contribution is 2.44. The molecule has 106 valence electrons. The van der Waals surface area contributed by atoms with Crippen LogP contribution in [0.1, 0.15) is 19.8 Å². The van der Waals surface area contributed by atoms with Gasteiger partial charge in [0.1, 0.15) is 5.41 Å². The zero-order chi connectivity index (χ0) is 14.0. The van der Waals surface area contributed by atoms with Crippen LogP contribution in [0, 0.1) is 11.3 Å². The van der Waals surface area contributed by atoms with Crippen LogP contribution < -0.4 is 0 Å². The Kier molecular flexibility index (Phi) is 3.89. The first-order valence-corrected chi connectivity index (χ1v) is 6.54. The third-order valence-corrected chi connectivity index (χ3v) is 4.14. The lowest BCUT2D eigenvalue weighted by Gasteiger charge is -2.50. The molecule has 2 bridgehead atoms. The fourth-order valence-electron chi connectivity index (χ4n) is 3.12. The first-order valence-electron chi connectivity index (χ1n) is 6.54. The molecule has 0 aromatic heterocycles. The summed E-state index contributed by atoms with van der Waals surface area (Å²) in [7, 11) is 1.31. The standard InChI is InChI=1S/C13H19NO5/c1-3-19-12(17)13-4-5-14(8-10(13)15)7-9(13)6-11(16)18-2/h9H,3-8H2,1-2H3/t9-,13-/m1/s1. The van der Waals surface area contributed by atoms with Crippen LogP contribution >= 0.6 is 0 Å². The number of ketones is 1. The van der Waals surface area contributed by atoms with Gasteiger partial charge in [0.25, 0.3) is 0 Å². The largest absolute Gasteiger partial charge is 0.469 e. The van der Waals surface area contributed by atoms with Gasteiger partial charge in [-0.3, -0.25) is 19.3 Å². The maximum atomic E-state index is 12.3. The minimum atomic E-state index is -1.14. The number of piperidine rings is 3. The summed E-state index contributed by atoms with van der Waals surface area (Å²) in [5.74, 6) is -1.34. The summed E-state index contributed by atoms with van der Waals surface area (Å²) in [6.07, 6.45) is 0.518. The van der Waals surface area contributed by atoms with Crippen LogP contribution in [0.4, 0.5) is 0 Å². The Morgan fingerprint density at radius 1 is 1.47 bits per heavy atom. The van der Waals surface area contributed by atoms with Crippen molar-refractivity contribution >= 4 is 17.7 Å². The first kappa shape index (κ1) is 14.0. The highest BCUT2D eigenvalue weighted by atomic mass is 16.5. The number of nitrogens with zero attached hydrogens (tertiary/aromatic N) is 1. The van der Waals surface area contributed by atoms with Gasteiger partial charge in [0, 0.05) is 19.0 Å². The fraction of sp³-hybridized carbons (Fsp3) is 0.769. The van der Waals surface area contributed by atoms with E-state index >= 15 is 0 Å². The molecule has 3 aliphatic rings. The lowest BCUT2D eigenvalue weighted by atomic mass is 9.63. The molecule has 0 aromatic carbocycles. The molecule has 19 heavy (non-hydrogen) atoms. The topological polar surface area (TPSA) is 72.9 Å². The molecule has 0 radical (unpaired) electrons. The van der Waals surface area contributed by atoms with Crippen LogP contribution in [0.3, 0.4) is 0 Å². The summed E-state index contributed by atoms with van der Waals surface area (Å²) in [6, 6.07) is 0. The zero-order valence-electron chi connectivity index (χ0n) is 11.3. The number of esters is 2. The van der Waals surface area contributed by atoms with Crippen LogP contribution in [0.5, 0.6) is 0 Å². The quantitative estimate of drug-likeness (QED) is 0.528. The SMILES string of the molecule is CCOC(=O)[C@@]12CCN(CC1=O)C[C@H]2CC(=O)OC. The molecule has 3 heterocycles. The Hall–Kier alpha value is -1.43. The van der Waals surface area contributed by atoms with Crippen molar-refractivity contribution in [3.63, 3.8) is 0 Å². The lowest BCUT2D eigenvalue weighted by Crippen LogP contribution is -2.64. The first-order chi connectivity index (χ1) is 9.04. The number of fused-ring (bicyclic) bond motifs is 3. The summed E-state index contributed by atoms with van der Waals surface area (Å²) in [6.45, 7) is 3.49. The van der Waals surface area contributed by atoms with Gasteiger partial charge in [0.05, 0.1) is 26.7 Å². The van der Waals surface area contributed by atoms with E-state index in [1.807, 2.05) is 4.90 Å². The maximum absolute atomic E-state index is 12.3. The van der Waals surface area contributed by atoms with Crippen molar-refractivity contribution in [3.8, 4) is 0 Å². The highest BCUT2D eigenvalue weighted by molar-refractivity contribution is 6.06. The average molecular weight is 269 g/mol. The second kappa shape index (κ2) is 5.28. The van der Waals surface area contributed by atoms with Gasteiger partial charge in [-0.25, -0.2) is 0 Å². The Labute approximate surface area is 112 Å². The Morgan fingerprint density at radius 2 is 2.21 bits per heavy atom. The highest BCUT2D eigenvalue weighted by Gasteiger charge is 2.59. The minimum Gasteiger partial charge on any atom is -0.469 e. The fourth-order valence-corrected chi connectivity index (χ4v) is 3.12. The van der Waals surface area contributed by atoms with Crippen molar-refractivity contribution in [1.82, 2.24) is 4.90 Å². The molecule has 0 N–H and O–H groups in total. The molecule has 0 saturated carbocycles. The number of methoxy groups -OCH3 is 1. The van der Waals surface area contributed by atoms with Crippen LogP contribution in [-0.2, 0) is 23.9 Å². The molecule has 6 heteroatoms. The zero-order valence-corrected chi connectivity index (χ0v) is 11.3. The Balaban J connectivity index is 2.27. The van der Waals surface area contributed by atoms with Gasteiger partial charge in [-0.05, 0) is 13.3 Å². The summed E-state index contributed by atoms with van der Waals surface area (Å²) in [5.41, 5.74) is -1.14. The van der Waals surface area contributed by atoms with E-state index in [-0.39, 0.29) is 31.3 Å². The Morgan fingerprint density at radius 3 is 2.79 bits per heavy atom. The molecule has 0 spiro atoms. The summed E-state index contributed by atoms with van der Waals surface area (Å²) < 4.78 is 9.75. The summed E-state index contributed by atoms with van der Waals surface area (Å²) >= 11 is 0. The van der Waals surface area contributed by atoms with Gasteiger partial charge in [0.2, 0.25) is 0 Å². The van der Waals surface area contributed by atoms with Crippen LogP contribution in [-0.4, -0.2) is 56.0 Å². The molecule has 0 aliphatic carbocycles. The van der Waals surface area contributed by atoms with Gasteiger partial charge < -0.3 is 9.47 Å². The second-order valence-corrected chi connectivity index (χ2v) is 5.08. The predicted molar refractivity (Wildman–Crippen MR) is 65.3 cm³/mol. The number of hydrogen-bond acceptors (Lipinski definition) is 6. The Bertz CT molecular complexity index is 408. The number of hydrogen-bond donors (Lipinski definition) is 0. The monoisotopic (exact) mass is 269 g/mol. The van der Waals surface area contributed by atoms with E-state index in [0.29, 0.717) is 19.5 Å². The number of ether oxygens (including phenoxy) is 2. The van der Waals surface area contributed by atoms with Crippen molar-refractivity contribution in [1.29, 1.82) is 0 Å². The van der Waals surface area contributed by atoms with E-state index in [4.69, 9.17) is 4.74 Å². The molecule has 3 atom stereocenters. The maximum Gasteiger partial charge on any atom is 0.320 e. The van der Waals surface area contributed by atoms with Crippen molar-refractivity contribution in [3.05, 3.63) is 0 Å². The van der Waals surface area contributed by atoms with Gasteiger partial charge in [-0.2, -0.15) is 0 Å². The van der Waals surface area contributed by atoms with E-state index in [2.05, 4.69) is 4.74 Å². The number of Topliss-reactive ketones (excluding diaryl/α,β-unsaturated/α-hetero) is 1. The molecule has 6 nitrogen and oxygen atoms in total. The van der Waals surface area contributed by atoms with Gasteiger partial charge in [-0.15, -0.1) is 0 Å². The average Bonchev–Trinajstić information content (AvgIpc) is 2.39. The van der Waals surface area contributed by atoms with Crippen molar-refractivity contribution in [2.75, 3.05) is 33.4 Å². The summed E-state index contributed by atoms with van der Waals surface area (Å²) in [4.78, 5) is 38.0. The molecular weight excluding hydrogens is 250 g/mol. The van der Waals surface area contributed by atoms with Gasteiger partial charge in [0.15, 0.2) is 5.78 Å². The smallest absolute Gasteiger partial charge is 0.320 e. The van der Waals surface area contributed by atoms with Gasteiger partial charge >= 0.3 is 11.9 Å². The lowest BCUT2D eigenvalue weighted by molar-refractivity contribution is -0.177. The van der Waals surface area contributed by atoms with Crippen molar-refractivity contribution < 1.29 is 23.9 Å². The third kappa shape index (κ3) is 2.25. The molecule has 1 unspecified atom stereocenters. The summed E-state index contributed by atoms with van der Waals surface area (Å²) in [5, 5.41) is 0. The number of carbonyl (C=O) groups excluding carboxylic acids is 3. The van der Waals surface area contributed by atoms with Crippen molar-refractivity contribution in [2.45, 2.75) is 19.8 Å². The number of carbonyl (C=O) groups is 3. The molecule has 3 fully saturated rings. The molecule has 3 saturated heterocycles. The molecule has 3 rings (SSSR count). The molecule has 3 aliphatic heterocycles. The van der Waals surface area contributed by atoms with E-state index in [9.17, 15) is 14.4 Å². The van der Waals surface area contributed by atoms with E-state index in [1.165, 1.54) is 7.11 Å². The number of rotatable bonds is 4. The van der Waals surface area contributed by atoms with Gasteiger partial charge in [-0.1, -0.05) is 0 Å². The third-order valence-electron chi connectivity index (χ3n) is 4.14. The molecule has 0 aromatic rings. The molecule has 0 amide bonds. The normalized spacial score (nSPS) is 33.1. The van der Waals surface area contributed by atoms with Crippen LogP contribution in [0.2, 0.25) is 0 Å². The molecular formula is C13H19NO5.